The number of carbonyl (C=O) groups is 1. The molecule has 6 heteroatoms. The van der Waals surface area contributed by atoms with Crippen molar-refractivity contribution in [3.05, 3.63) is 6.33 Å². The summed E-state index contributed by atoms with van der Waals surface area (Å²) in [7, 11) is 0. The molecule has 0 aliphatic carbocycles. The summed E-state index contributed by atoms with van der Waals surface area (Å²) in [6, 6.07) is 0. The first-order valence-corrected chi connectivity index (χ1v) is 5.46. The van der Waals surface area contributed by atoms with Crippen molar-refractivity contribution in [2.24, 2.45) is 5.92 Å². The Balaban J connectivity index is 2.31. The van der Waals surface area contributed by atoms with Gasteiger partial charge in [0.2, 0.25) is 5.95 Å². The Morgan fingerprint density at radius 3 is 2.75 bits per heavy atom. The predicted octanol–water partition coefficient (Wildman–Crippen LogP) is 0.840. The number of nitrogen functional groups attached to an aromatic ring is 1. The quantitative estimate of drug-likeness (QED) is 0.727. The maximum absolute atomic E-state index is 11.4. The Labute approximate surface area is 94.8 Å². The van der Waals surface area contributed by atoms with Crippen molar-refractivity contribution in [2.45, 2.75) is 33.2 Å². The number of rotatable bonds is 6. The third-order valence-electron chi connectivity index (χ3n) is 2.48. The molecule has 0 unspecified atom stereocenters. The van der Waals surface area contributed by atoms with Gasteiger partial charge in [0, 0.05) is 0 Å². The van der Waals surface area contributed by atoms with Crippen LogP contribution < -0.4 is 5.73 Å². The van der Waals surface area contributed by atoms with Crippen LogP contribution in [0.4, 0.5) is 5.95 Å². The van der Waals surface area contributed by atoms with Crippen molar-refractivity contribution < 1.29 is 9.53 Å². The van der Waals surface area contributed by atoms with Gasteiger partial charge in [0.1, 0.15) is 12.9 Å². The number of ether oxygens (including phenoxy) is 1. The molecule has 0 radical (unpaired) electrons. The van der Waals surface area contributed by atoms with E-state index in [4.69, 9.17) is 10.5 Å². The molecule has 0 amide bonds. The second-order valence-electron chi connectivity index (χ2n) is 3.67. The van der Waals surface area contributed by atoms with Gasteiger partial charge in [0.25, 0.3) is 0 Å². The maximum atomic E-state index is 11.4. The molecule has 1 heterocycles. The predicted molar refractivity (Wildman–Crippen MR) is 59.5 cm³/mol. The Morgan fingerprint density at radius 1 is 1.56 bits per heavy atom. The first-order valence-electron chi connectivity index (χ1n) is 5.46. The molecule has 2 N–H and O–H groups in total. The highest BCUT2D eigenvalue weighted by Crippen LogP contribution is 2.07. The average Bonchev–Trinajstić information content (AvgIpc) is 2.65. The highest BCUT2D eigenvalue weighted by molar-refractivity contribution is 5.69. The first kappa shape index (κ1) is 12.5. The summed E-state index contributed by atoms with van der Waals surface area (Å²) in [5.74, 6) is 0.286. The summed E-state index contributed by atoms with van der Waals surface area (Å²) in [5, 5.41) is 3.80. The third-order valence-corrected chi connectivity index (χ3v) is 2.48. The summed E-state index contributed by atoms with van der Waals surface area (Å²) in [6.45, 7) is 4.70. The molecular weight excluding hydrogens is 208 g/mol. The Morgan fingerprint density at radius 2 is 2.25 bits per heavy atom. The maximum Gasteiger partial charge on any atom is 0.327 e. The monoisotopic (exact) mass is 226 g/mol. The molecule has 0 spiro atoms. The molecule has 0 aromatic carbocycles. The number of anilines is 1. The highest BCUT2D eigenvalue weighted by atomic mass is 16.5. The molecule has 90 valence electrons. The lowest BCUT2D eigenvalue weighted by Gasteiger charge is -2.12. The molecule has 6 nitrogen and oxygen atoms in total. The van der Waals surface area contributed by atoms with Crippen LogP contribution in [-0.2, 0) is 16.1 Å². The Hall–Kier alpha value is -1.59. The zero-order valence-electron chi connectivity index (χ0n) is 9.72. The van der Waals surface area contributed by atoms with E-state index in [-0.39, 0.29) is 18.5 Å². The van der Waals surface area contributed by atoms with Crippen LogP contribution in [0.5, 0.6) is 0 Å². The van der Waals surface area contributed by atoms with Crippen LogP contribution in [0, 0.1) is 5.92 Å². The summed E-state index contributed by atoms with van der Waals surface area (Å²) in [5.41, 5.74) is 5.32. The molecule has 0 atom stereocenters. The van der Waals surface area contributed by atoms with E-state index in [9.17, 15) is 4.79 Å². The van der Waals surface area contributed by atoms with Crippen LogP contribution in [-0.4, -0.2) is 27.3 Å². The van der Waals surface area contributed by atoms with Gasteiger partial charge >= 0.3 is 5.97 Å². The van der Waals surface area contributed by atoms with Crippen LogP contribution >= 0.6 is 0 Å². The number of nitrogens with two attached hydrogens (primary N) is 1. The number of carbonyl (C=O) groups excluding carboxylic acids is 1. The van der Waals surface area contributed by atoms with Crippen LogP contribution in [0.15, 0.2) is 6.33 Å². The fraction of sp³-hybridized carbons (Fsp3) is 0.700. The van der Waals surface area contributed by atoms with E-state index in [1.807, 2.05) is 0 Å². The van der Waals surface area contributed by atoms with Gasteiger partial charge in [0.15, 0.2) is 0 Å². The van der Waals surface area contributed by atoms with E-state index in [2.05, 4.69) is 23.9 Å². The minimum Gasteiger partial charge on any atom is -0.464 e. The summed E-state index contributed by atoms with van der Waals surface area (Å²) < 4.78 is 6.50. The van der Waals surface area contributed by atoms with Crippen LogP contribution in [0.1, 0.15) is 26.7 Å². The van der Waals surface area contributed by atoms with Gasteiger partial charge in [-0.1, -0.05) is 26.7 Å². The van der Waals surface area contributed by atoms with E-state index in [0.29, 0.717) is 12.5 Å². The van der Waals surface area contributed by atoms with Crippen molar-refractivity contribution in [2.75, 3.05) is 12.3 Å². The highest BCUT2D eigenvalue weighted by Gasteiger charge is 2.09. The van der Waals surface area contributed by atoms with Crippen molar-refractivity contribution >= 4 is 11.9 Å². The number of nitrogens with zero attached hydrogens (tertiary/aromatic N) is 3. The normalized spacial score (nSPS) is 10.7. The minimum atomic E-state index is -0.309. The molecule has 1 aromatic rings. The van der Waals surface area contributed by atoms with Gasteiger partial charge in [0.05, 0.1) is 6.61 Å². The second-order valence-corrected chi connectivity index (χ2v) is 3.67. The molecule has 0 saturated carbocycles. The molecule has 0 bridgehead atoms. The standard InChI is InChI=1S/C10H18N4O2/c1-3-8(4-2)6-16-9(15)5-14-7-12-10(11)13-14/h7-8H,3-6H2,1-2H3,(H2,11,13). The first-order chi connectivity index (χ1) is 7.65. The average molecular weight is 226 g/mol. The van der Waals surface area contributed by atoms with Crippen molar-refractivity contribution in [3.8, 4) is 0 Å². The molecule has 16 heavy (non-hydrogen) atoms. The zero-order chi connectivity index (χ0) is 12.0. The van der Waals surface area contributed by atoms with Crippen LogP contribution in [0.3, 0.4) is 0 Å². The van der Waals surface area contributed by atoms with Gasteiger partial charge in [-0.3, -0.25) is 4.79 Å². The molecule has 0 fully saturated rings. The van der Waals surface area contributed by atoms with Gasteiger partial charge in [-0.2, -0.15) is 0 Å². The molecule has 0 aliphatic heterocycles. The summed E-state index contributed by atoms with van der Waals surface area (Å²) in [6.07, 6.45) is 3.44. The summed E-state index contributed by atoms with van der Waals surface area (Å²) >= 11 is 0. The third kappa shape index (κ3) is 3.88. The fourth-order valence-corrected chi connectivity index (χ4v) is 1.30. The molecular formula is C10H18N4O2. The van der Waals surface area contributed by atoms with E-state index in [0.717, 1.165) is 12.8 Å². The van der Waals surface area contributed by atoms with Crippen molar-refractivity contribution in [1.29, 1.82) is 0 Å². The number of esters is 1. The smallest absolute Gasteiger partial charge is 0.327 e. The van der Waals surface area contributed by atoms with Gasteiger partial charge in [-0.25, -0.2) is 9.67 Å². The lowest BCUT2D eigenvalue weighted by atomic mass is 10.1. The van der Waals surface area contributed by atoms with E-state index < -0.39 is 0 Å². The SMILES string of the molecule is CCC(CC)COC(=O)Cn1cnc(N)n1. The van der Waals surface area contributed by atoms with E-state index >= 15 is 0 Å². The van der Waals surface area contributed by atoms with Gasteiger partial charge in [-0.15, -0.1) is 5.10 Å². The van der Waals surface area contributed by atoms with Gasteiger partial charge in [-0.05, 0) is 5.92 Å². The molecule has 0 saturated heterocycles. The fourth-order valence-electron chi connectivity index (χ4n) is 1.30. The number of hydrogen-bond donors (Lipinski definition) is 1. The molecule has 1 aromatic heterocycles. The Bertz CT molecular complexity index is 333. The lowest BCUT2D eigenvalue weighted by Crippen LogP contribution is -2.18. The molecule has 0 aliphatic rings. The van der Waals surface area contributed by atoms with E-state index in [1.54, 1.807) is 0 Å². The molecule has 1 rings (SSSR count). The zero-order valence-corrected chi connectivity index (χ0v) is 9.72. The van der Waals surface area contributed by atoms with Crippen molar-refractivity contribution in [1.82, 2.24) is 14.8 Å². The second kappa shape index (κ2) is 6.09. The van der Waals surface area contributed by atoms with Gasteiger partial charge < -0.3 is 10.5 Å². The summed E-state index contributed by atoms with van der Waals surface area (Å²) in [4.78, 5) is 15.1. The minimum absolute atomic E-state index is 0.0599. The topological polar surface area (TPSA) is 83.0 Å². The van der Waals surface area contributed by atoms with Crippen LogP contribution in [0.2, 0.25) is 0 Å². The van der Waals surface area contributed by atoms with Crippen molar-refractivity contribution in [3.63, 3.8) is 0 Å². The van der Waals surface area contributed by atoms with Crippen LogP contribution in [0.25, 0.3) is 0 Å². The largest absolute Gasteiger partial charge is 0.464 e. The number of hydrogen-bond acceptors (Lipinski definition) is 5. The van der Waals surface area contributed by atoms with E-state index in [1.165, 1.54) is 11.0 Å². The lowest BCUT2D eigenvalue weighted by molar-refractivity contribution is -0.146. The number of aromatic nitrogens is 3. The Kier molecular flexibility index (Phi) is 4.75.